The topological polar surface area (TPSA) is 210 Å². The van der Waals surface area contributed by atoms with E-state index in [0.29, 0.717) is 12.8 Å². The van der Waals surface area contributed by atoms with E-state index in [1.165, 1.54) is 44.9 Å². The van der Waals surface area contributed by atoms with E-state index < -0.39 is 75.7 Å². The van der Waals surface area contributed by atoms with Crippen molar-refractivity contribution in [2.24, 2.45) is 0 Å². The Bertz CT molecular complexity index is 1150. The lowest BCUT2D eigenvalue weighted by Gasteiger charge is -2.41. The minimum atomic E-state index is -5.12. The van der Waals surface area contributed by atoms with Crippen molar-refractivity contribution in [3.8, 4) is 0 Å². The third kappa shape index (κ3) is 26.7. The summed E-state index contributed by atoms with van der Waals surface area (Å²) < 4.78 is 33.4. The molecule has 1 fully saturated rings. The van der Waals surface area contributed by atoms with Gasteiger partial charge in [-0.15, -0.1) is 0 Å². The van der Waals surface area contributed by atoms with Crippen LogP contribution in [0.3, 0.4) is 0 Å². The molecule has 0 radical (unpaired) electrons. The minimum absolute atomic E-state index is 0.0834. The third-order valence-corrected chi connectivity index (χ3v) is 10.9. The summed E-state index contributed by atoms with van der Waals surface area (Å²) in [5, 5.41) is 50.0. The van der Waals surface area contributed by atoms with Crippen molar-refractivity contribution in [1.82, 2.24) is 0 Å². The van der Waals surface area contributed by atoms with Gasteiger partial charge < -0.3 is 39.9 Å². The molecule has 0 aromatic heterocycles. The highest BCUT2D eigenvalue weighted by Gasteiger charge is 2.51. The fourth-order valence-corrected chi connectivity index (χ4v) is 7.33. The van der Waals surface area contributed by atoms with Crippen LogP contribution in [0.25, 0.3) is 0 Å². The second-order valence-corrected chi connectivity index (χ2v) is 16.6. The van der Waals surface area contributed by atoms with Gasteiger partial charge in [-0.1, -0.05) is 127 Å². The molecule has 57 heavy (non-hydrogen) atoms. The van der Waals surface area contributed by atoms with E-state index in [1.807, 2.05) is 0 Å². The third-order valence-electron chi connectivity index (χ3n) is 9.95. The van der Waals surface area contributed by atoms with Crippen molar-refractivity contribution in [3.05, 3.63) is 36.5 Å². The number of esters is 2. The number of hydrogen-bond donors (Lipinski definition) is 6. The molecule has 8 atom stereocenters. The molecule has 0 spiro atoms. The molecule has 0 aromatic carbocycles. The van der Waals surface area contributed by atoms with Gasteiger partial charge in [-0.3, -0.25) is 18.6 Å². The number of phosphoric ester groups is 1. The second kappa shape index (κ2) is 33.9. The number of unbranched alkanes of at least 4 members (excludes halogenated alkanes) is 17. The quantitative estimate of drug-likeness (QED) is 0.0156. The summed E-state index contributed by atoms with van der Waals surface area (Å²) in [6.07, 6.45) is 23.4. The van der Waals surface area contributed by atoms with E-state index >= 15 is 0 Å². The van der Waals surface area contributed by atoms with Gasteiger partial charge in [0.1, 0.15) is 43.2 Å². The number of hydrogen-bond acceptors (Lipinski definition) is 12. The lowest BCUT2D eigenvalue weighted by molar-refractivity contribution is -0.220. The lowest BCUT2D eigenvalue weighted by Crippen LogP contribution is -2.64. The van der Waals surface area contributed by atoms with Crippen LogP contribution in [0, 0.1) is 0 Å². The average Bonchev–Trinajstić information content (AvgIpc) is 3.19. The van der Waals surface area contributed by atoms with Gasteiger partial charge in [0.05, 0.1) is 6.61 Å². The summed E-state index contributed by atoms with van der Waals surface area (Å²) >= 11 is 0. The first-order valence-electron chi connectivity index (χ1n) is 21.8. The summed E-state index contributed by atoms with van der Waals surface area (Å²) in [4.78, 5) is 35.6. The number of carbonyl (C=O) groups excluding carboxylic acids is 2. The van der Waals surface area contributed by atoms with Crippen LogP contribution in [-0.2, 0) is 32.7 Å². The van der Waals surface area contributed by atoms with Crippen LogP contribution in [0.1, 0.15) is 168 Å². The van der Waals surface area contributed by atoms with Gasteiger partial charge in [0.2, 0.25) is 0 Å². The first-order valence-corrected chi connectivity index (χ1v) is 23.3. The summed E-state index contributed by atoms with van der Waals surface area (Å²) in [7, 11) is -5.12. The zero-order valence-electron chi connectivity index (χ0n) is 34.9. The normalized spacial score (nSPS) is 23.0. The molecule has 0 amide bonds. The molecular weight excluding hydrogens is 755 g/mol. The maximum atomic E-state index is 12.8. The van der Waals surface area contributed by atoms with Crippen LogP contribution < -0.4 is 0 Å². The number of carbonyl (C=O) groups is 2. The van der Waals surface area contributed by atoms with Crippen molar-refractivity contribution in [2.75, 3.05) is 13.2 Å². The molecule has 14 heteroatoms. The Labute approximate surface area is 342 Å². The van der Waals surface area contributed by atoms with Gasteiger partial charge in [-0.05, 0) is 64.2 Å². The van der Waals surface area contributed by atoms with Crippen LogP contribution in [0.15, 0.2) is 36.5 Å². The predicted molar refractivity (Wildman–Crippen MR) is 221 cm³/mol. The van der Waals surface area contributed by atoms with Crippen LogP contribution in [0.2, 0.25) is 0 Å². The molecule has 332 valence electrons. The minimum Gasteiger partial charge on any atom is -0.462 e. The second-order valence-electron chi connectivity index (χ2n) is 15.2. The number of phosphoric acid groups is 1. The van der Waals surface area contributed by atoms with E-state index in [-0.39, 0.29) is 12.8 Å². The zero-order chi connectivity index (χ0) is 42.2. The molecular formula is C43H77O13P. The Morgan fingerprint density at radius 1 is 0.544 bits per heavy atom. The molecule has 6 N–H and O–H groups in total. The standard InChI is InChI=1S/C43H77O13P/c1-3-5-7-9-11-13-15-17-19-21-23-25-27-29-31-36(44)53-33-35(34-54-57(51,52)56-43-41(49)39(47)38(46)40(48)42(43)50)55-37(45)32-30-28-26-24-22-20-18-16-14-12-10-8-6-4-2/h9,11,15-18,35,38-43,46-50H,3-8,10,12-14,19-34H2,1-2H3,(H,51,52)/b11-9-,17-15-,18-16-/t35-,38?,39-,40?,41?,42?,43?/m1/s1. The molecule has 0 saturated heterocycles. The predicted octanol–water partition coefficient (Wildman–Crippen LogP) is 7.83. The lowest BCUT2D eigenvalue weighted by atomic mass is 9.85. The van der Waals surface area contributed by atoms with Crippen LogP contribution in [0.4, 0.5) is 0 Å². The Balaban J connectivity index is 2.51. The molecule has 1 rings (SSSR count). The van der Waals surface area contributed by atoms with E-state index in [0.717, 1.165) is 83.5 Å². The van der Waals surface area contributed by atoms with Crippen molar-refractivity contribution in [2.45, 2.75) is 211 Å². The highest BCUT2D eigenvalue weighted by atomic mass is 31.2. The first kappa shape index (κ1) is 53.1. The largest absolute Gasteiger partial charge is 0.472 e. The van der Waals surface area contributed by atoms with E-state index in [9.17, 15) is 44.6 Å². The molecule has 13 nitrogen and oxygen atoms in total. The molecule has 0 aliphatic heterocycles. The maximum Gasteiger partial charge on any atom is 0.472 e. The molecule has 1 aliphatic carbocycles. The Morgan fingerprint density at radius 3 is 1.49 bits per heavy atom. The molecule has 6 unspecified atom stereocenters. The van der Waals surface area contributed by atoms with Gasteiger partial charge in [-0.2, -0.15) is 0 Å². The van der Waals surface area contributed by atoms with Gasteiger partial charge >= 0.3 is 19.8 Å². The summed E-state index contributed by atoms with van der Waals surface area (Å²) in [5.41, 5.74) is 0. The Hall–Kier alpha value is -1.93. The summed E-state index contributed by atoms with van der Waals surface area (Å²) in [6.45, 7) is 3.21. The summed E-state index contributed by atoms with van der Waals surface area (Å²) in [5.74, 6) is -1.13. The number of allylic oxidation sites excluding steroid dienone is 6. The highest BCUT2D eigenvalue weighted by molar-refractivity contribution is 7.47. The Morgan fingerprint density at radius 2 is 0.965 bits per heavy atom. The smallest absolute Gasteiger partial charge is 0.462 e. The van der Waals surface area contributed by atoms with Crippen LogP contribution >= 0.6 is 7.82 Å². The van der Waals surface area contributed by atoms with Gasteiger partial charge in [0, 0.05) is 12.8 Å². The SMILES string of the molecule is CCCC/C=C\C/C=C\CCCCCCCC(=O)OC[C@H](COP(=O)(O)OC1C(O)C(O)C(O)[C@@H](O)C1O)OC(=O)CCCCCCC/C=C\CCCCCCC. The van der Waals surface area contributed by atoms with Crippen LogP contribution in [-0.4, -0.2) is 98.3 Å². The number of rotatable bonds is 35. The molecule has 0 bridgehead atoms. The molecule has 1 aliphatic rings. The highest BCUT2D eigenvalue weighted by Crippen LogP contribution is 2.47. The fraction of sp³-hybridized carbons (Fsp3) is 0.814. The maximum absolute atomic E-state index is 12.8. The van der Waals surface area contributed by atoms with E-state index in [2.05, 4.69) is 50.3 Å². The Kier molecular flexibility index (Phi) is 31.5. The average molecular weight is 833 g/mol. The molecule has 1 saturated carbocycles. The van der Waals surface area contributed by atoms with Crippen molar-refractivity contribution >= 4 is 19.8 Å². The van der Waals surface area contributed by atoms with Crippen molar-refractivity contribution in [3.63, 3.8) is 0 Å². The molecule has 0 heterocycles. The summed E-state index contributed by atoms with van der Waals surface area (Å²) in [6, 6.07) is 0. The monoisotopic (exact) mass is 833 g/mol. The van der Waals surface area contributed by atoms with Gasteiger partial charge in [-0.25, -0.2) is 4.57 Å². The fourth-order valence-electron chi connectivity index (χ4n) is 6.36. The first-order chi connectivity index (χ1) is 27.4. The van der Waals surface area contributed by atoms with Crippen molar-refractivity contribution < 1.29 is 63.1 Å². The van der Waals surface area contributed by atoms with Gasteiger partial charge in [0.15, 0.2) is 6.10 Å². The number of ether oxygens (including phenoxy) is 2. The van der Waals surface area contributed by atoms with Crippen LogP contribution in [0.5, 0.6) is 0 Å². The van der Waals surface area contributed by atoms with E-state index in [1.54, 1.807) is 0 Å². The van der Waals surface area contributed by atoms with Gasteiger partial charge in [0.25, 0.3) is 0 Å². The van der Waals surface area contributed by atoms with Crippen molar-refractivity contribution in [1.29, 1.82) is 0 Å². The number of aliphatic hydroxyl groups excluding tert-OH is 5. The molecule has 0 aromatic rings. The number of aliphatic hydroxyl groups is 5. The van der Waals surface area contributed by atoms with E-state index in [4.69, 9.17) is 18.5 Å². The zero-order valence-corrected chi connectivity index (χ0v) is 35.8.